The van der Waals surface area contributed by atoms with Gasteiger partial charge in [-0.1, -0.05) is 19.9 Å². The molecule has 0 saturated carbocycles. The molecule has 18 heavy (non-hydrogen) atoms. The number of nitrogens with two attached hydrogens (primary N) is 1. The summed E-state index contributed by atoms with van der Waals surface area (Å²) in [6, 6.07) is 0. The minimum Gasteiger partial charge on any atom is -0.383 e. The van der Waals surface area contributed by atoms with Crippen LogP contribution in [0.25, 0.3) is 0 Å². The van der Waals surface area contributed by atoms with E-state index in [0.717, 1.165) is 51.0 Å². The van der Waals surface area contributed by atoms with Crippen LogP contribution < -0.4 is 5.73 Å². The smallest absolute Gasteiger partial charge is 0.0589 e. The molecule has 0 aliphatic heterocycles. The second-order valence-electron chi connectivity index (χ2n) is 5.31. The highest BCUT2D eigenvalue weighted by atomic mass is 16.5. The van der Waals surface area contributed by atoms with Crippen molar-refractivity contribution >= 4 is 0 Å². The van der Waals surface area contributed by atoms with E-state index in [9.17, 15) is 0 Å². The van der Waals surface area contributed by atoms with Gasteiger partial charge in [0, 0.05) is 20.2 Å². The third-order valence-electron chi connectivity index (χ3n) is 3.53. The molecule has 0 rings (SSSR count). The molecule has 3 nitrogen and oxygen atoms in total. The van der Waals surface area contributed by atoms with Gasteiger partial charge in [0.05, 0.1) is 6.61 Å². The van der Waals surface area contributed by atoms with Crippen LogP contribution in [0.5, 0.6) is 0 Å². The average Bonchev–Trinajstić information content (AvgIpc) is 2.34. The van der Waals surface area contributed by atoms with E-state index in [4.69, 9.17) is 10.5 Å². The highest BCUT2D eigenvalue weighted by molar-refractivity contribution is 4.74. The molecular weight excluding hydrogens is 224 g/mol. The Bertz CT molecular complexity index is 195. The van der Waals surface area contributed by atoms with Crippen LogP contribution in [0.1, 0.15) is 33.1 Å². The summed E-state index contributed by atoms with van der Waals surface area (Å²) in [5.74, 6) is 1.50. The van der Waals surface area contributed by atoms with E-state index in [-0.39, 0.29) is 0 Å². The SMILES string of the molecule is C=CCN(CCCC(CCN)C(C)C)CCOC. The summed E-state index contributed by atoms with van der Waals surface area (Å²) in [6.07, 6.45) is 5.63. The van der Waals surface area contributed by atoms with Crippen molar-refractivity contribution in [3.05, 3.63) is 12.7 Å². The first-order valence-electron chi connectivity index (χ1n) is 7.17. The average molecular weight is 256 g/mol. The highest BCUT2D eigenvalue weighted by Gasteiger charge is 2.12. The van der Waals surface area contributed by atoms with Crippen molar-refractivity contribution in [1.29, 1.82) is 0 Å². The van der Waals surface area contributed by atoms with Crippen LogP contribution in [0.15, 0.2) is 12.7 Å². The number of nitrogens with zero attached hydrogens (tertiary/aromatic N) is 1. The molecular formula is C15H32N2O. The summed E-state index contributed by atoms with van der Waals surface area (Å²) in [5, 5.41) is 0. The van der Waals surface area contributed by atoms with E-state index >= 15 is 0 Å². The van der Waals surface area contributed by atoms with Gasteiger partial charge < -0.3 is 10.5 Å². The Hall–Kier alpha value is -0.380. The number of hydrogen-bond donors (Lipinski definition) is 1. The van der Waals surface area contributed by atoms with Crippen molar-refractivity contribution in [3.8, 4) is 0 Å². The summed E-state index contributed by atoms with van der Waals surface area (Å²) in [6.45, 7) is 13.1. The van der Waals surface area contributed by atoms with Gasteiger partial charge >= 0.3 is 0 Å². The Balaban J connectivity index is 3.90. The Morgan fingerprint density at radius 2 is 2.00 bits per heavy atom. The Morgan fingerprint density at radius 1 is 1.28 bits per heavy atom. The molecule has 1 unspecified atom stereocenters. The monoisotopic (exact) mass is 256 g/mol. The number of hydrogen-bond acceptors (Lipinski definition) is 3. The van der Waals surface area contributed by atoms with Crippen molar-refractivity contribution in [2.75, 3.05) is 39.9 Å². The van der Waals surface area contributed by atoms with Gasteiger partial charge in [-0.25, -0.2) is 0 Å². The Kier molecular flexibility index (Phi) is 11.4. The van der Waals surface area contributed by atoms with E-state index in [1.807, 2.05) is 6.08 Å². The number of methoxy groups -OCH3 is 1. The van der Waals surface area contributed by atoms with Crippen LogP contribution in [0, 0.1) is 11.8 Å². The van der Waals surface area contributed by atoms with Crippen LogP contribution in [0.2, 0.25) is 0 Å². The molecule has 0 spiro atoms. The van der Waals surface area contributed by atoms with Crippen LogP contribution in [-0.4, -0.2) is 44.8 Å². The first-order chi connectivity index (χ1) is 8.65. The van der Waals surface area contributed by atoms with Gasteiger partial charge in [0.1, 0.15) is 0 Å². The molecule has 0 aliphatic rings. The summed E-state index contributed by atoms with van der Waals surface area (Å²) < 4.78 is 5.13. The molecule has 0 aromatic carbocycles. The van der Waals surface area contributed by atoms with Gasteiger partial charge in [0.2, 0.25) is 0 Å². The molecule has 0 radical (unpaired) electrons. The van der Waals surface area contributed by atoms with E-state index in [1.165, 1.54) is 12.8 Å². The first kappa shape index (κ1) is 17.6. The van der Waals surface area contributed by atoms with Gasteiger partial charge in [-0.15, -0.1) is 6.58 Å². The van der Waals surface area contributed by atoms with Crippen molar-refractivity contribution in [3.63, 3.8) is 0 Å². The molecule has 0 heterocycles. The molecule has 1 atom stereocenters. The molecule has 0 amide bonds. The zero-order valence-corrected chi connectivity index (χ0v) is 12.5. The molecule has 0 aromatic rings. The first-order valence-corrected chi connectivity index (χ1v) is 7.17. The maximum Gasteiger partial charge on any atom is 0.0589 e. The van der Waals surface area contributed by atoms with Gasteiger partial charge in [0.15, 0.2) is 0 Å². The lowest BCUT2D eigenvalue weighted by Crippen LogP contribution is -2.29. The van der Waals surface area contributed by atoms with Gasteiger partial charge in [-0.3, -0.25) is 4.90 Å². The molecule has 0 aromatic heterocycles. The lowest BCUT2D eigenvalue weighted by atomic mass is 9.88. The topological polar surface area (TPSA) is 38.5 Å². The predicted molar refractivity (Wildman–Crippen MR) is 79.7 cm³/mol. The highest BCUT2D eigenvalue weighted by Crippen LogP contribution is 2.20. The van der Waals surface area contributed by atoms with Crippen molar-refractivity contribution in [2.24, 2.45) is 17.6 Å². The zero-order chi connectivity index (χ0) is 13.8. The molecule has 108 valence electrons. The quantitative estimate of drug-likeness (QED) is 0.545. The van der Waals surface area contributed by atoms with E-state index in [0.29, 0.717) is 0 Å². The van der Waals surface area contributed by atoms with Crippen LogP contribution in [0.4, 0.5) is 0 Å². The molecule has 0 aliphatic carbocycles. The van der Waals surface area contributed by atoms with Crippen molar-refractivity contribution in [2.45, 2.75) is 33.1 Å². The maximum atomic E-state index is 5.67. The minimum absolute atomic E-state index is 0.736. The molecule has 2 N–H and O–H groups in total. The summed E-state index contributed by atoms with van der Waals surface area (Å²) in [5.41, 5.74) is 5.67. The summed E-state index contributed by atoms with van der Waals surface area (Å²) >= 11 is 0. The fourth-order valence-corrected chi connectivity index (χ4v) is 2.30. The normalized spacial score (nSPS) is 13.2. The third-order valence-corrected chi connectivity index (χ3v) is 3.53. The number of rotatable bonds is 12. The second kappa shape index (κ2) is 11.7. The van der Waals surface area contributed by atoms with E-state index in [1.54, 1.807) is 7.11 Å². The fraction of sp³-hybridized carbons (Fsp3) is 0.867. The van der Waals surface area contributed by atoms with Gasteiger partial charge in [-0.05, 0) is 44.2 Å². The van der Waals surface area contributed by atoms with Crippen LogP contribution >= 0.6 is 0 Å². The molecule has 3 heteroatoms. The standard InChI is InChI=1S/C15H32N2O/c1-5-10-17(12-13-18-4)11-6-7-15(8-9-16)14(2)3/h5,14-15H,1,6-13,16H2,2-4H3. The molecule has 0 bridgehead atoms. The lowest BCUT2D eigenvalue weighted by molar-refractivity contribution is 0.151. The molecule has 0 fully saturated rings. The summed E-state index contributed by atoms with van der Waals surface area (Å²) in [7, 11) is 1.75. The number of ether oxygens (including phenoxy) is 1. The second-order valence-corrected chi connectivity index (χ2v) is 5.31. The summed E-state index contributed by atoms with van der Waals surface area (Å²) in [4.78, 5) is 2.40. The zero-order valence-electron chi connectivity index (χ0n) is 12.5. The lowest BCUT2D eigenvalue weighted by Gasteiger charge is -2.24. The van der Waals surface area contributed by atoms with Gasteiger partial charge in [-0.2, -0.15) is 0 Å². The van der Waals surface area contributed by atoms with Gasteiger partial charge in [0.25, 0.3) is 0 Å². The van der Waals surface area contributed by atoms with Crippen LogP contribution in [-0.2, 0) is 4.74 Å². The van der Waals surface area contributed by atoms with E-state index < -0.39 is 0 Å². The van der Waals surface area contributed by atoms with Crippen LogP contribution in [0.3, 0.4) is 0 Å². The Morgan fingerprint density at radius 3 is 2.50 bits per heavy atom. The largest absolute Gasteiger partial charge is 0.383 e. The fourth-order valence-electron chi connectivity index (χ4n) is 2.30. The van der Waals surface area contributed by atoms with E-state index in [2.05, 4.69) is 25.3 Å². The van der Waals surface area contributed by atoms with Crippen molar-refractivity contribution < 1.29 is 4.74 Å². The maximum absolute atomic E-state index is 5.67. The third kappa shape index (κ3) is 8.67. The minimum atomic E-state index is 0.736. The molecule has 0 saturated heterocycles. The Labute approximate surface area is 113 Å². The van der Waals surface area contributed by atoms with Crippen molar-refractivity contribution in [1.82, 2.24) is 4.90 Å². The predicted octanol–water partition coefficient (Wildman–Crippen LogP) is 2.52.